The molecule has 6 aromatic carbocycles. The molecule has 0 radical (unpaired) electrons. The van der Waals surface area contributed by atoms with Crippen LogP contribution >= 0.6 is 27.3 Å². The van der Waals surface area contributed by atoms with Crippen LogP contribution < -0.4 is 4.90 Å². The summed E-state index contributed by atoms with van der Waals surface area (Å²) < 4.78 is 11.1. The van der Waals surface area contributed by atoms with E-state index < -0.39 is 0 Å². The third-order valence-corrected chi connectivity index (χ3v) is 11.8. The zero-order valence-electron chi connectivity index (χ0n) is 29.7. The second-order valence-electron chi connectivity index (χ2n) is 15.7. The average molecular weight is 748 g/mol. The van der Waals surface area contributed by atoms with Crippen LogP contribution in [0.4, 0.5) is 17.1 Å². The van der Waals surface area contributed by atoms with Crippen molar-refractivity contribution in [1.82, 2.24) is 4.57 Å². The van der Waals surface area contributed by atoms with Crippen LogP contribution in [0.25, 0.3) is 59.5 Å². The summed E-state index contributed by atoms with van der Waals surface area (Å²) in [6.07, 6.45) is 0. The summed E-state index contributed by atoms with van der Waals surface area (Å²) >= 11 is 5.75. The number of hydrogen-bond acceptors (Lipinski definition) is 3. The number of nitrogens with zero attached hydrogens (tertiary/aromatic N) is 2. The SMILES string of the molecule is CC(C)(C)c1ccc(N(c2cccc(-n3c4cc5oc6ccccc6c5cc4c4cccc(Br)c43)c2)c2csc3ccc(C(C)(C)C)cc23)cc1. The van der Waals surface area contributed by atoms with Crippen LogP contribution in [-0.2, 0) is 10.8 Å². The number of furan rings is 1. The first-order valence-electron chi connectivity index (χ1n) is 17.5. The predicted octanol–water partition coefficient (Wildman–Crippen LogP) is 14.7. The predicted molar refractivity (Wildman–Crippen MR) is 223 cm³/mol. The lowest BCUT2D eigenvalue weighted by molar-refractivity contribution is 0.590. The van der Waals surface area contributed by atoms with E-state index in [0.29, 0.717) is 0 Å². The molecule has 0 fully saturated rings. The van der Waals surface area contributed by atoms with Gasteiger partial charge in [0.1, 0.15) is 11.2 Å². The largest absolute Gasteiger partial charge is 0.456 e. The summed E-state index contributed by atoms with van der Waals surface area (Å²) in [5, 5.41) is 8.25. The normalized spacial score (nSPS) is 12.6. The van der Waals surface area contributed by atoms with Gasteiger partial charge in [0.05, 0.1) is 16.7 Å². The lowest BCUT2D eigenvalue weighted by Crippen LogP contribution is -2.13. The van der Waals surface area contributed by atoms with Crippen LogP contribution in [-0.4, -0.2) is 4.57 Å². The van der Waals surface area contributed by atoms with Gasteiger partial charge < -0.3 is 13.9 Å². The van der Waals surface area contributed by atoms with Crippen LogP contribution in [0, 0.1) is 0 Å². The van der Waals surface area contributed by atoms with Crippen molar-refractivity contribution in [2.45, 2.75) is 52.4 Å². The summed E-state index contributed by atoms with van der Waals surface area (Å²) in [5.74, 6) is 0. The third kappa shape index (κ3) is 5.29. The molecule has 3 aromatic heterocycles. The molecular weight excluding hydrogens is 708 g/mol. The number of para-hydroxylation sites is 2. The summed E-state index contributed by atoms with van der Waals surface area (Å²) in [6.45, 7) is 13.7. The lowest BCUT2D eigenvalue weighted by atomic mass is 9.86. The molecule has 0 aliphatic carbocycles. The number of hydrogen-bond donors (Lipinski definition) is 0. The minimum absolute atomic E-state index is 0.0433. The van der Waals surface area contributed by atoms with Gasteiger partial charge in [0.2, 0.25) is 0 Å². The molecule has 9 rings (SSSR count). The summed E-state index contributed by atoms with van der Waals surface area (Å²) in [6, 6.07) is 44.4. The van der Waals surface area contributed by atoms with Gasteiger partial charge in [0.25, 0.3) is 0 Å². The molecule has 9 aromatic rings. The second kappa shape index (κ2) is 11.6. The Labute approximate surface area is 310 Å². The second-order valence-corrected chi connectivity index (χ2v) is 17.4. The lowest BCUT2D eigenvalue weighted by Gasteiger charge is -2.27. The Kier molecular flexibility index (Phi) is 7.29. The van der Waals surface area contributed by atoms with Crippen molar-refractivity contribution in [3.63, 3.8) is 0 Å². The first-order valence-corrected chi connectivity index (χ1v) is 19.2. The van der Waals surface area contributed by atoms with E-state index in [-0.39, 0.29) is 10.8 Å². The highest BCUT2D eigenvalue weighted by Crippen LogP contribution is 2.45. The Morgan fingerprint density at radius 2 is 1.31 bits per heavy atom. The molecule has 0 N–H and O–H groups in total. The Morgan fingerprint density at radius 3 is 2.10 bits per heavy atom. The molecule has 3 heterocycles. The molecule has 0 atom stereocenters. The highest BCUT2D eigenvalue weighted by atomic mass is 79.9. The molecule has 0 unspecified atom stereocenters. The molecule has 0 bridgehead atoms. The zero-order chi connectivity index (χ0) is 35.2. The van der Waals surface area contributed by atoms with E-state index in [2.05, 4.69) is 182 Å². The van der Waals surface area contributed by atoms with Crippen molar-refractivity contribution in [1.29, 1.82) is 0 Å². The van der Waals surface area contributed by atoms with E-state index in [0.717, 1.165) is 54.5 Å². The molecule has 5 heteroatoms. The van der Waals surface area contributed by atoms with Crippen molar-refractivity contribution >= 4 is 98.2 Å². The van der Waals surface area contributed by atoms with Gasteiger partial charge in [-0.25, -0.2) is 0 Å². The van der Waals surface area contributed by atoms with Crippen molar-refractivity contribution < 1.29 is 4.42 Å². The monoisotopic (exact) mass is 746 g/mol. The van der Waals surface area contributed by atoms with E-state index in [1.165, 1.54) is 37.7 Å². The van der Waals surface area contributed by atoms with Gasteiger partial charge in [-0.2, -0.15) is 0 Å². The molecule has 0 aliphatic heterocycles. The van der Waals surface area contributed by atoms with Gasteiger partial charge in [0, 0.05) is 64.6 Å². The smallest absolute Gasteiger partial charge is 0.137 e. The molecule has 0 spiro atoms. The fraction of sp³-hybridized carbons (Fsp3) is 0.174. The molecule has 0 amide bonds. The van der Waals surface area contributed by atoms with Gasteiger partial charge in [-0.1, -0.05) is 96.1 Å². The first kappa shape index (κ1) is 32.1. The maximum absolute atomic E-state index is 6.42. The van der Waals surface area contributed by atoms with Crippen molar-refractivity contribution in [2.75, 3.05) is 4.90 Å². The van der Waals surface area contributed by atoms with Gasteiger partial charge >= 0.3 is 0 Å². The van der Waals surface area contributed by atoms with Gasteiger partial charge in [-0.05, 0) is 98.6 Å². The van der Waals surface area contributed by atoms with Crippen LogP contribution in [0.3, 0.4) is 0 Å². The van der Waals surface area contributed by atoms with Crippen molar-refractivity contribution in [3.05, 3.63) is 142 Å². The van der Waals surface area contributed by atoms with Crippen molar-refractivity contribution in [2.24, 2.45) is 0 Å². The zero-order valence-corrected chi connectivity index (χ0v) is 32.1. The fourth-order valence-corrected chi connectivity index (χ4v) is 8.93. The first-order chi connectivity index (χ1) is 24.5. The third-order valence-electron chi connectivity index (χ3n) is 10.2. The Bertz CT molecular complexity index is 2790. The minimum atomic E-state index is 0.0433. The summed E-state index contributed by atoms with van der Waals surface area (Å²) in [4.78, 5) is 2.43. The average Bonchev–Trinajstić information content (AvgIpc) is 3.79. The van der Waals surface area contributed by atoms with Gasteiger partial charge in [-0.3, -0.25) is 0 Å². The van der Waals surface area contributed by atoms with Crippen LogP contribution in [0.15, 0.2) is 136 Å². The molecule has 3 nitrogen and oxygen atoms in total. The molecular formula is C46H39BrN2OS. The summed E-state index contributed by atoms with van der Waals surface area (Å²) in [7, 11) is 0. The Morgan fingerprint density at radius 1 is 0.588 bits per heavy atom. The molecule has 51 heavy (non-hydrogen) atoms. The van der Waals surface area contributed by atoms with Crippen molar-refractivity contribution in [3.8, 4) is 5.69 Å². The Balaban J connectivity index is 1.29. The topological polar surface area (TPSA) is 21.3 Å². The molecule has 0 saturated carbocycles. The number of halogens is 1. The maximum Gasteiger partial charge on any atom is 0.137 e. The summed E-state index contributed by atoms with van der Waals surface area (Å²) in [5.41, 5.74) is 11.3. The number of aromatic nitrogens is 1. The van der Waals surface area contributed by atoms with Crippen LogP contribution in [0.2, 0.25) is 0 Å². The number of thiophene rings is 1. The number of anilines is 3. The number of rotatable bonds is 4. The van der Waals surface area contributed by atoms with Crippen LogP contribution in [0.5, 0.6) is 0 Å². The van der Waals surface area contributed by atoms with E-state index in [1.807, 2.05) is 12.1 Å². The minimum Gasteiger partial charge on any atom is -0.456 e. The highest BCUT2D eigenvalue weighted by molar-refractivity contribution is 9.10. The molecule has 252 valence electrons. The van der Waals surface area contributed by atoms with E-state index in [4.69, 9.17) is 4.42 Å². The van der Waals surface area contributed by atoms with E-state index in [1.54, 1.807) is 11.3 Å². The maximum atomic E-state index is 6.42. The molecule has 0 aliphatic rings. The fourth-order valence-electron chi connectivity index (χ4n) is 7.47. The number of fused-ring (bicyclic) bond motifs is 7. The van der Waals surface area contributed by atoms with Crippen LogP contribution in [0.1, 0.15) is 52.7 Å². The van der Waals surface area contributed by atoms with Gasteiger partial charge in [-0.15, -0.1) is 11.3 Å². The Hall–Kier alpha value is -4.84. The quantitative estimate of drug-likeness (QED) is 0.179. The standard InChI is InChI=1S/C46H39BrN2OS/c1-45(2,3)28-17-20-30(21-18-28)48(40-27-51-43-22-19-29(23-37(40)43)46(4,5)6)31-11-9-12-32(24-31)49-39-26-42-36(33-13-7-8-16-41(33)50-42)25-35(39)34-14-10-15-38(47)44(34)49/h7-27H,1-6H3. The van der Waals surface area contributed by atoms with Gasteiger partial charge in [0.15, 0.2) is 0 Å². The number of benzene rings is 6. The highest BCUT2D eigenvalue weighted by Gasteiger charge is 2.23. The van der Waals surface area contributed by atoms with E-state index >= 15 is 0 Å². The molecule has 0 saturated heterocycles. The van der Waals surface area contributed by atoms with E-state index in [9.17, 15) is 0 Å².